The van der Waals surface area contributed by atoms with Crippen LogP contribution in [0.4, 0.5) is 5.69 Å². The Balaban J connectivity index is 1.17. The molecule has 1 saturated heterocycles. The van der Waals surface area contributed by atoms with Crippen LogP contribution in [0.3, 0.4) is 0 Å². The summed E-state index contributed by atoms with van der Waals surface area (Å²) in [5.74, 6) is 1.04. The van der Waals surface area contributed by atoms with E-state index in [0.29, 0.717) is 51.6 Å². The largest absolute Gasteiger partial charge is 0.493 e. The lowest BCUT2D eigenvalue weighted by Gasteiger charge is -2.35. The van der Waals surface area contributed by atoms with Gasteiger partial charge in [0.15, 0.2) is 11.5 Å². The van der Waals surface area contributed by atoms with Crippen molar-refractivity contribution in [2.75, 3.05) is 52.8 Å². The monoisotopic (exact) mass is 691 g/mol. The van der Waals surface area contributed by atoms with Gasteiger partial charge >= 0.3 is 0 Å². The van der Waals surface area contributed by atoms with Gasteiger partial charge in [-0.2, -0.15) is 0 Å². The third-order valence-electron chi connectivity index (χ3n) is 7.76. The maximum atomic E-state index is 13.4. The number of halogens is 2. The molecule has 5 rings (SSSR count). The highest BCUT2D eigenvalue weighted by molar-refractivity contribution is 9.10. The number of hydrogen-bond acceptors (Lipinski definition) is 6. The molecule has 1 fully saturated rings. The van der Waals surface area contributed by atoms with Gasteiger partial charge in [0.25, 0.3) is 5.91 Å². The second kappa shape index (κ2) is 14.8. The summed E-state index contributed by atoms with van der Waals surface area (Å²) in [5, 5.41) is 3.64. The Morgan fingerprint density at radius 1 is 0.822 bits per heavy atom. The summed E-state index contributed by atoms with van der Waals surface area (Å²) in [7, 11) is 4.58. The van der Waals surface area contributed by atoms with Gasteiger partial charge in [0.1, 0.15) is 0 Å². The van der Waals surface area contributed by atoms with Crippen LogP contribution in [0, 0.1) is 0 Å². The Bertz CT molecular complexity index is 1670. The fraction of sp³-hybridized carbons (Fsp3) is 0.257. The standard InChI is InChI=1S/C35H35BrClN3O5/c1-43-30-20-27(32(36)34(45-3)33(30)44-2)21-31(41)38-29-9-5-8-26(19-29)35(42)40-16-14-39(15-17-40)22-23-6-4-7-25(18-23)24-10-12-28(37)13-11-24/h4-13,18-20H,14-17,21-22H2,1-3H3,(H,38,41). The molecule has 0 aromatic heterocycles. The zero-order chi connectivity index (χ0) is 31.9. The van der Waals surface area contributed by atoms with Crippen LogP contribution in [0.15, 0.2) is 83.3 Å². The number of ether oxygens (including phenoxy) is 3. The lowest BCUT2D eigenvalue weighted by atomic mass is 10.0. The van der Waals surface area contributed by atoms with Crippen molar-refractivity contribution in [3.63, 3.8) is 0 Å². The molecule has 1 N–H and O–H groups in total. The van der Waals surface area contributed by atoms with Gasteiger partial charge in [0, 0.05) is 49.0 Å². The fourth-order valence-corrected chi connectivity index (χ4v) is 6.17. The molecule has 0 bridgehead atoms. The maximum Gasteiger partial charge on any atom is 0.254 e. The first kappa shape index (κ1) is 32.3. The van der Waals surface area contributed by atoms with Crippen LogP contribution in [0.1, 0.15) is 21.5 Å². The fourth-order valence-electron chi connectivity index (χ4n) is 5.45. The quantitative estimate of drug-likeness (QED) is 0.194. The van der Waals surface area contributed by atoms with Gasteiger partial charge in [-0.05, 0) is 80.6 Å². The first-order valence-electron chi connectivity index (χ1n) is 14.5. The summed E-state index contributed by atoms with van der Waals surface area (Å²) < 4.78 is 16.9. The minimum absolute atomic E-state index is 0.0529. The molecule has 8 nitrogen and oxygen atoms in total. The highest BCUT2D eigenvalue weighted by Crippen LogP contribution is 2.45. The van der Waals surface area contributed by atoms with E-state index in [1.807, 2.05) is 29.2 Å². The van der Waals surface area contributed by atoms with Gasteiger partial charge < -0.3 is 24.4 Å². The van der Waals surface area contributed by atoms with E-state index in [1.165, 1.54) is 26.9 Å². The number of methoxy groups -OCH3 is 3. The first-order chi connectivity index (χ1) is 21.8. The summed E-state index contributed by atoms with van der Waals surface area (Å²) in [6, 6.07) is 25.2. The number of carbonyl (C=O) groups is 2. The molecule has 0 radical (unpaired) electrons. The van der Waals surface area contributed by atoms with Crippen molar-refractivity contribution in [3.05, 3.63) is 105 Å². The molecule has 45 heavy (non-hydrogen) atoms. The lowest BCUT2D eigenvalue weighted by molar-refractivity contribution is -0.115. The predicted octanol–water partition coefficient (Wildman–Crippen LogP) is 6.93. The number of benzene rings is 4. The van der Waals surface area contributed by atoms with Crippen LogP contribution in [-0.4, -0.2) is 69.1 Å². The van der Waals surface area contributed by atoms with Gasteiger partial charge in [-0.25, -0.2) is 0 Å². The second-order valence-electron chi connectivity index (χ2n) is 10.7. The van der Waals surface area contributed by atoms with E-state index in [4.69, 9.17) is 25.8 Å². The molecule has 0 atom stereocenters. The highest BCUT2D eigenvalue weighted by Gasteiger charge is 2.24. The SMILES string of the molecule is COc1cc(CC(=O)Nc2cccc(C(=O)N3CCN(Cc4cccc(-c5ccc(Cl)cc5)c4)CC3)c2)c(Br)c(OC)c1OC. The molecule has 0 saturated carbocycles. The lowest BCUT2D eigenvalue weighted by Crippen LogP contribution is -2.48. The molecule has 4 aromatic carbocycles. The summed E-state index contributed by atoms with van der Waals surface area (Å²) in [6.45, 7) is 3.62. The van der Waals surface area contributed by atoms with E-state index in [-0.39, 0.29) is 18.2 Å². The van der Waals surface area contributed by atoms with E-state index in [1.54, 1.807) is 30.3 Å². The van der Waals surface area contributed by atoms with Crippen molar-refractivity contribution in [2.24, 2.45) is 0 Å². The molecule has 1 heterocycles. The molecular weight excluding hydrogens is 658 g/mol. The van der Waals surface area contributed by atoms with Crippen LogP contribution in [-0.2, 0) is 17.8 Å². The number of nitrogens with one attached hydrogen (secondary N) is 1. The normalized spacial score (nSPS) is 13.3. The number of carbonyl (C=O) groups excluding carboxylic acids is 2. The van der Waals surface area contributed by atoms with Gasteiger partial charge in [0.05, 0.1) is 32.2 Å². The Morgan fingerprint density at radius 2 is 1.53 bits per heavy atom. The first-order valence-corrected chi connectivity index (χ1v) is 15.7. The minimum atomic E-state index is -0.247. The van der Waals surface area contributed by atoms with Crippen LogP contribution in [0.2, 0.25) is 5.02 Å². The Labute approximate surface area is 277 Å². The molecule has 4 aromatic rings. The van der Waals surface area contributed by atoms with E-state index < -0.39 is 0 Å². The van der Waals surface area contributed by atoms with Gasteiger partial charge in [0.2, 0.25) is 11.7 Å². The van der Waals surface area contributed by atoms with E-state index >= 15 is 0 Å². The number of anilines is 1. The van der Waals surface area contributed by atoms with Crippen molar-refractivity contribution in [2.45, 2.75) is 13.0 Å². The van der Waals surface area contributed by atoms with Gasteiger partial charge in [-0.15, -0.1) is 0 Å². The minimum Gasteiger partial charge on any atom is -0.493 e. The average molecular weight is 693 g/mol. The summed E-state index contributed by atoms with van der Waals surface area (Å²) in [4.78, 5) is 30.7. The maximum absolute atomic E-state index is 13.4. The van der Waals surface area contributed by atoms with Crippen molar-refractivity contribution >= 4 is 45.0 Å². The van der Waals surface area contributed by atoms with Crippen molar-refractivity contribution in [1.82, 2.24) is 9.80 Å². The van der Waals surface area contributed by atoms with E-state index in [9.17, 15) is 9.59 Å². The van der Waals surface area contributed by atoms with Crippen LogP contribution >= 0.6 is 27.5 Å². The van der Waals surface area contributed by atoms with E-state index in [2.05, 4.69) is 50.4 Å². The smallest absolute Gasteiger partial charge is 0.254 e. The molecule has 1 aliphatic heterocycles. The van der Waals surface area contributed by atoms with E-state index in [0.717, 1.165) is 35.8 Å². The number of amides is 2. The zero-order valence-electron chi connectivity index (χ0n) is 25.4. The van der Waals surface area contributed by atoms with Crippen molar-refractivity contribution in [3.8, 4) is 28.4 Å². The molecule has 1 aliphatic rings. The summed E-state index contributed by atoms with van der Waals surface area (Å²) in [6.07, 6.45) is 0.0556. The molecule has 0 unspecified atom stereocenters. The Morgan fingerprint density at radius 3 is 2.22 bits per heavy atom. The number of hydrogen-bond donors (Lipinski definition) is 1. The Kier molecular flexibility index (Phi) is 10.7. The van der Waals surface area contributed by atoms with Crippen LogP contribution < -0.4 is 19.5 Å². The van der Waals surface area contributed by atoms with Crippen LogP contribution in [0.5, 0.6) is 17.2 Å². The van der Waals surface area contributed by atoms with Crippen molar-refractivity contribution in [1.29, 1.82) is 0 Å². The molecule has 2 amide bonds. The number of rotatable bonds is 10. The third kappa shape index (κ3) is 7.79. The summed E-state index contributed by atoms with van der Waals surface area (Å²) in [5.41, 5.74) is 5.26. The average Bonchev–Trinajstić information content (AvgIpc) is 3.06. The van der Waals surface area contributed by atoms with Gasteiger partial charge in [-0.3, -0.25) is 14.5 Å². The topological polar surface area (TPSA) is 80.3 Å². The number of piperazine rings is 1. The highest BCUT2D eigenvalue weighted by atomic mass is 79.9. The van der Waals surface area contributed by atoms with Crippen molar-refractivity contribution < 1.29 is 23.8 Å². The number of nitrogens with zero attached hydrogens (tertiary/aromatic N) is 2. The molecule has 0 aliphatic carbocycles. The molecular formula is C35H35BrClN3O5. The molecule has 10 heteroatoms. The molecule has 0 spiro atoms. The van der Waals surface area contributed by atoms with Crippen LogP contribution in [0.25, 0.3) is 11.1 Å². The predicted molar refractivity (Wildman–Crippen MR) is 181 cm³/mol. The molecule has 234 valence electrons. The zero-order valence-corrected chi connectivity index (χ0v) is 27.8. The second-order valence-corrected chi connectivity index (χ2v) is 11.9. The third-order valence-corrected chi connectivity index (χ3v) is 8.88. The Hall–Kier alpha value is -4.05. The summed E-state index contributed by atoms with van der Waals surface area (Å²) >= 11 is 9.58. The van der Waals surface area contributed by atoms with Gasteiger partial charge in [-0.1, -0.05) is 48.0 Å².